The molecule has 2 N–H and O–H groups in total. The molecule has 304 valence electrons. The molecule has 4 aromatic carbocycles. The first kappa shape index (κ1) is 42.7. The predicted molar refractivity (Wildman–Crippen MR) is 202 cm³/mol. The van der Waals surface area contributed by atoms with Gasteiger partial charge in [0, 0.05) is 25.7 Å². The number of aliphatic hydroxyl groups is 2. The second-order valence-electron chi connectivity index (χ2n) is 14.1. The molecule has 0 spiro atoms. The highest BCUT2D eigenvalue weighted by Gasteiger charge is 2.41. The van der Waals surface area contributed by atoms with E-state index < -0.39 is 24.6 Å². The first-order valence-electron chi connectivity index (χ1n) is 19.2. The Bertz CT molecular complexity index is 1710. The average Bonchev–Trinajstić information content (AvgIpc) is 3.14. The zero-order chi connectivity index (χ0) is 40.6. The molecular weight excluding hydrogens is 738 g/mol. The number of alkyl halides is 6. The number of aliphatic hydroxyl groups excluding tert-OH is 2. The maximum Gasteiger partial charge on any atom is 0.418 e. The molecule has 0 heterocycles. The Morgan fingerprint density at radius 2 is 0.679 bits per heavy atom. The lowest BCUT2D eigenvalue weighted by Gasteiger charge is -2.25. The van der Waals surface area contributed by atoms with E-state index >= 15 is 0 Å². The standard InChI is InChI=1S/C44H50F6O6/c1-5-15-53-37-27-11-9-12-28(37)20-32-24-36(42(52)44(48,49)50)26-34(40(32)56-18-8-4)22-30-14-10-13-29(38(30)54-16-6-2)21-33-25-35(41(51)43(45,46)47)23-31(19-27)39(33)55-17-7-3/h9-14,23-26,41-42,51-52H,5-8,15-22H2,1-4H3/t41-,42-/m1/s1. The van der Waals surface area contributed by atoms with Crippen molar-refractivity contribution in [1.29, 1.82) is 0 Å². The zero-order valence-corrected chi connectivity index (χ0v) is 32.2. The van der Waals surface area contributed by atoms with Gasteiger partial charge >= 0.3 is 12.4 Å². The van der Waals surface area contributed by atoms with Gasteiger partial charge in [0.05, 0.1) is 26.4 Å². The van der Waals surface area contributed by atoms with E-state index in [4.69, 9.17) is 18.9 Å². The first-order chi connectivity index (χ1) is 26.7. The number of halogens is 6. The molecule has 5 rings (SSSR count). The van der Waals surface area contributed by atoms with Crippen molar-refractivity contribution in [2.24, 2.45) is 0 Å². The summed E-state index contributed by atoms with van der Waals surface area (Å²) >= 11 is 0. The van der Waals surface area contributed by atoms with Crippen molar-refractivity contribution in [1.82, 2.24) is 0 Å². The van der Waals surface area contributed by atoms with Crippen LogP contribution in [-0.2, 0) is 25.7 Å². The third-order valence-electron chi connectivity index (χ3n) is 9.46. The summed E-state index contributed by atoms with van der Waals surface area (Å²) in [5.41, 5.74) is 3.33. The van der Waals surface area contributed by atoms with Gasteiger partial charge in [0.15, 0.2) is 12.2 Å². The van der Waals surface area contributed by atoms with Crippen LogP contribution in [0.4, 0.5) is 26.3 Å². The van der Waals surface area contributed by atoms with Crippen LogP contribution in [0.25, 0.3) is 0 Å². The van der Waals surface area contributed by atoms with E-state index in [1.165, 1.54) is 24.3 Å². The third kappa shape index (κ3) is 10.1. The summed E-state index contributed by atoms with van der Waals surface area (Å²) in [6, 6.07) is 16.0. The van der Waals surface area contributed by atoms with Gasteiger partial charge in [-0.2, -0.15) is 26.3 Å². The molecule has 8 bridgehead atoms. The molecule has 0 saturated heterocycles. The number of para-hydroxylation sites is 2. The van der Waals surface area contributed by atoms with Crippen LogP contribution in [0.15, 0.2) is 60.7 Å². The lowest BCUT2D eigenvalue weighted by atomic mass is 9.88. The fraction of sp³-hybridized carbons (Fsp3) is 0.455. The molecule has 6 nitrogen and oxygen atoms in total. The summed E-state index contributed by atoms with van der Waals surface area (Å²) in [6.07, 6.45) is -12.7. The van der Waals surface area contributed by atoms with Gasteiger partial charge in [-0.15, -0.1) is 0 Å². The maximum absolute atomic E-state index is 14.1. The fourth-order valence-corrected chi connectivity index (χ4v) is 6.99. The topological polar surface area (TPSA) is 77.4 Å². The maximum atomic E-state index is 14.1. The van der Waals surface area contributed by atoms with Crippen molar-refractivity contribution >= 4 is 0 Å². The largest absolute Gasteiger partial charge is 0.493 e. The summed E-state index contributed by atoms with van der Waals surface area (Å²) in [4.78, 5) is 0. The van der Waals surface area contributed by atoms with E-state index in [9.17, 15) is 36.6 Å². The number of hydrogen-bond donors (Lipinski definition) is 2. The average molecular weight is 789 g/mol. The van der Waals surface area contributed by atoms with Crippen LogP contribution in [0.5, 0.6) is 23.0 Å². The molecule has 0 saturated carbocycles. The van der Waals surface area contributed by atoms with Gasteiger partial charge in [-0.05, 0) is 106 Å². The molecular formula is C44H50F6O6. The minimum atomic E-state index is -4.94. The molecule has 1 aliphatic rings. The minimum Gasteiger partial charge on any atom is -0.493 e. The summed E-state index contributed by atoms with van der Waals surface area (Å²) in [7, 11) is 0. The van der Waals surface area contributed by atoms with Crippen molar-refractivity contribution in [2.45, 2.75) is 104 Å². The number of hydrogen-bond acceptors (Lipinski definition) is 6. The molecule has 0 unspecified atom stereocenters. The van der Waals surface area contributed by atoms with Crippen LogP contribution in [0.2, 0.25) is 0 Å². The summed E-state index contributed by atoms with van der Waals surface area (Å²) in [5, 5.41) is 21.2. The highest BCUT2D eigenvalue weighted by Crippen LogP contribution is 2.43. The number of benzene rings is 4. The second-order valence-corrected chi connectivity index (χ2v) is 14.1. The van der Waals surface area contributed by atoms with E-state index in [0.717, 1.165) is 0 Å². The summed E-state index contributed by atoms with van der Waals surface area (Å²) in [5.74, 6) is 1.64. The fourth-order valence-electron chi connectivity index (χ4n) is 6.99. The Kier molecular flexibility index (Phi) is 14.3. The highest BCUT2D eigenvalue weighted by atomic mass is 19.4. The van der Waals surface area contributed by atoms with Crippen LogP contribution >= 0.6 is 0 Å². The SMILES string of the molecule is CCCOc1c2cccc1Cc1cc([C@@H](O)C(F)(F)F)cc(c1OCCC)Cc1cccc(c1OCCC)Cc1cc([C@@H](O)C(F)(F)F)cc(c1OCCC)C2. The number of ether oxygens (including phenoxy) is 4. The molecule has 12 heteroatoms. The predicted octanol–water partition coefficient (Wildman–Crippen LogP) is 10.7. The van der Waals surface area contributed by atoms with Gasteiger partial charge in [-0.3, -0.25) is 0 Å². The number of fused-ring (bicyclic) bond motifs is 8. The zero-order valence-electron chi connectivity index (χ0n) is 32.2. The Balaban J connectivity index is 1.88. The Morgan fingerprint density at radius 3 is 0.893 bits per heavy atom. The van der Waals surface area contributed by atoms with Crippen molar-refractivity contribution in [2.75, 3.05) is 26.4 Å². The van der Waals surface area contributed by atoms with Gasteiger partial charge < -0.3 is 29.2 Å². The molecule has 0 aromatic heterocycles. The summed E-state index contributed by atoms with van der Waals surface area (Å²) in [6.45, 7) is 8.81. The Labute approximate surface area is 324 Å². The van der Waals surface area contributed by atoms with Crippen molar-refractivity contribution < 1.29 is 55.5 Å². The minimum absolute atomic E-state index is 0.0495. The first-order valence-corrected chi connectivity index (χ1v) is 19.2. The molecule has 0 aliphatic heterocycles. The second kappa shape index (κ2) is 18.7. The van der Waals surface area contributed by atoms with Gasteiger partial charge in [0.1, 0.15) is 23.0 Å². The van der Waals surface area contributed by atoms with Gasteiger partial charge in [-0.1, -0.05) is 64.1 Å². The Morgan fingerprint density at radius 1 is 0.446 bits per heavy atom. The van der Waals surface area contributed by atoms with Gasteiger partial charge in [0.25, 0.3) is 0 Å². The molecule has 0 fully saturated rings. The van der Waals surface area contributed by atoms with Crippen LogP contribution in [0.3, 0.4) is 0 Å². The quantitative estimate of drug-likeness (QED) is 0.109. The van der Waals surface area contributed by atoms with E-state index in [1.807, 2.05) is 27.7 Å². The van der Waals surface area contributed by atoms with Crippen LogP contribution in [0, 0.1) is 0 Å². The number of rotatable bonds is 14. The monoisotopic (exact) mass is 788 g/mol. The van der Waals surface area contributed by atoms with E-state index in [1.54, 1.807) is 36.4 Å². The van der Waals surface area contributed by atoms with Crippen LogP contribution in [0.1, 0.15) is 121 Å². The normalized spacial score (nSPS) is 14.2. The van der Waals surface area contributed by atoms with Crippen molar-refractivity contribution in [3.8, 4) is 23.0 Å². The third-order valence-corrected chi connectivity index (χ3v) is 9.46. The van der Waals surface area contributed by atoms with E-state index in [-0.39, 0.29) is 63.2 Å². The van der Waals surface area contributed by atoms with E-state index in [0.29, 0.717) is 93.2 Å². The van der Waals surface area contributed by atoms with Crippen molar-refractivity contribution in [3.05, 3.63) is 116 Å². The molecule has 2 atom stereocenters. The Hall–Kier alpha value is -4.42. The van der Waals surface area contributed by atoms with Gasteiger partial charge in [-0.25, -0.2) is 0 Å². The molecule has 0 radical (unpaired) electrons. The van der Waals surface area contributed by atoms with E-state index in [2.05, 4.69) is 0 Å². The molecule has 56 heavy (non-hydrogen) atoms. The van der Waals surface area contributed by atoms with Crippen LogP contribution < -0.4 is 18.9 Å². The lowest BCUT2D eigenvalue weighted by Crippen LogP contribution is -2.21. The molecule has 4 aromatic rings. The highest BCUT2D eigenvalue weighted by molar-refractivity contribution is 5.57. The van der Waals surface area contributed by atoms with Gasteiger partial charge in [0.2, 0.25) is 0 Å². The van der Waals surface area contributed by atoms with Crippen LogP contribution in [-0.4, -0.2) is 49.0 Å². The lowest BCUT2D eigenvalue weighted by molar-refractivity contribution is -0.207. The molecule has 0 amide bonds. The molecule has 1 aliphatic carbocycles. The van der Waals surface area contributed by atoms with Crippen molar-refractivity contribution in [3.63, 3.8) is 0 Å². The summed E-state index contributed by atoms with van der Waals surface area (Å²) < 4.78 is 110. The smallest absolute Gasteiger partial charge is 0.418 e.